The number of aliphatic carboxylic acids is 1. The molecule has 0 saturated carbocycles. The summed E-state index contributed by atoms with van der Waals surface area (Å²) in [4.78, 5) is 33.8. The topological polar surface area (TPSA) is 108 Å². The van der Waals surface area contributed by atoms with Crippen LogP contribution in [0.2, 0.25) is 0 Å². The van der Waals surface area contributed by atoms with E-state index in [1.54, 1.807) is 6.92 Å². The minimum atomic E-state index is -1.10. The molecule has 0 aliphatic carbocycles. The smallest absolute Gasteiger partial charge is 0.326 e. The zero-order valence-corrected chi connectivity index (χ0v) is 11.8. The summed E-state index contributed by atoms with van der Waals surface area (Å²) < 4.78 is 0. The summed E-state index contributed by atoms with van der Waals surface area (Å²) in [5, 5.41) is 16.2. The zero-order valence-electron chi connectivity index (χ0n) is 11.8. The minimum absolute atomic E-state index is 0.274. The fourth-order valence-corrected chi connectivity index (χ4v) is 1.26. The molecule has 110 valence electrons. The van der Waals surface area contributed by atoms with Gasteiger partial charge in [0.15, 0.2) is 0 Å². The van der Waals surface area contributed by atoms with Crippen LogP contribution in [0.1, 0.15) is 34.1 Å². The second kappa shape index (κ2) is 8.34. The standard InChI is InChI=1S/C12H23N3O4/c1-5-9(11(17)18)15-12(19)14-8(4)10(16)13-6-7(2)3/h7-9H,5-6H2,1-4H3,(H,13,16)(H,17,18)(H2,14,15,19). The summed E-state index contributed by atoms with van der Waals surface area (Å²) in [6.07, 6.45) is 0.274. The third-order valence-electron chi connectivity index (χ3n) is 2.44. The molecule has 0 aromatic heterocycles. The Morgan fingerprint density at radius 3 is 2.11 bits per heavy atom. The van der Waals surface area contributed by atoms with Crippen LogP contribution >= 0.6 is 0 Å². The molecule has 0 heterocycles. The van der Waals surface area contributed by atoms with Gasteiger partial charge in [0.2, 0.25) is 5.91 Å². The van der Waals surface area contributed by atoms with Gasteiger partial charge < -0.3 is 21.1 Å². The summed E-state index contributed by atoms with van der Waals surface area (Å²) >= 11 is 0. The predicted molar refractivity (Wildman–Crippen MR) is 70.7 cm³/mol. The molecule has 7 nitrogen and oxygen atoms in total. The number of carboxylic acids is 1. The van der Waals surface area contributed by atoms with Gasteiger partial charge in [-0.15, -0.1) is 0 Å². The second-order valence-electron chi connectivity index (χ2n) is 4.78. The summed E-state index contributed by atoms with van der Waals surface area (Å²) in [5.41, 5.74) is 0. The minimum Gasteiger partial charge on any atom is -0.480 e. The quantitative estimate of drug-likeness (QED) is 0.535. The molecule has 2 atom stereocenters. The third kappa shape index (κ3) is 7.28. The molecule has 0 aliphatic rings. The van der Waals surface area contributed by atoms with E-state index in [9.17, 15) is 14.4 Å². The number of nitrogens with one attached hydrogen (secondary N) is 3. The first-order valence-electron chi connectivity index (χ1n) is 6.35. The molecule has 3 amide bonds. The van der Waals surface area contributed by atoms with Gasteiger partial charge >= 0.3 is 12.0 Å². The normalized spacial score (nSPS) is 13.5. The van der Waals surface area contributed by atoms with Gasteiger partial charge in [-0.05, 0) is 19.3 Å². The maximum absolute atomic E-state index is 11.6. The second-order valence-corrected chi connectivity index (χ2v) is 4.78. The van der Waals surface area contributed by atoms with Crippen molar-refractivity contribution < 1.29 is 19.5 Å². The van der Waals surface area contributed by atoms with Crippen LogP contribution in [-0.2, 0) is 9.59 Å². The highest BCUT2D eigenvalue weighted by Gasteiger charge is 2.20. The number of carbonyl (C=O) groups excluding carboxylic acids is 2. The average molecular weight is 273 g/mol. The van der Waals surface area contributed by atoms with Crippen LogP contribution in [0.5, 0.6) is 0 Å². The molecular weight excluding hydrogens is 250 g/mol. The number of hydrogen-bond donors (Lipinski definition) is 4. The molecule has 0 rings (SSSR count). The highest BCUT2D eigenvalue weighted by atomic mass is 16.4. The molecule has 0 aromatic carbocycles. The van der Waals surface area contributed by atoms with Gasteiger partial charge in [-0.3, -0.25) is 4.79 Å². The lowest BCUT2D eigenvalue weighted by Gasteiger charge is -2.17. The number of amides is 3. The molecule has 2 unspecified atom stereocenters. The number of carboxylic acid groups (broad SMARTS) is 1. The molecule has 19 heavy (non-hydrogen) atoms. The van der Waals surface area contributed by atoms with Crippen LogP contribution in [-0.4, -0.2) is 41.6 Å². The summed E-state index contributed by atoms with van der Waals surface area (Å²) in [6, 6.07) is -2.34. The van der Waals surface area contributed by atoms with E-state index in [1.807, 2.05) is 13.8 Å². The molecule has 0 aliphatic heterocycles. The average Bonchev–Trinajstić information content (AvgIpc) is 2.32. The highest BCUT2D eigenvalue weighted by molar-refractivity contribution is 5.88. The van der Waals surface area contributed by atoms with Crippen molar-refractivity contribution >= 4 is 17.9 Å². The lowest BCUT2D eigenvalue weighted by Crippen LogP contribution is -2.52. The van der Waals surface area contributed by atoms with Crippen molar-refractivity contribution in [1.82, 2.24) is 16.0 Å². The van der Waals surface area contributed by atoms with E-state index in [0.717, 1.165) is 0 Å². The molecule has 0 aromatic rings. The Balaban J connectivity index is 4.17. The van der Waals surface area contributed by atoms with Crippen LogP contribution in [0, 0.1) is 5.92 Å². The van der Waals surface area contributed by atoms with E-state index in [4.69, 9.17) is 5.11 Å². The number of urea groups is 1. The first kappa shape index (κ1) is 17.2. The van der Waals surface area contributed by atoms with Gasteiger partial charge in [0, 0.05) is 6.54 Å². The molecule has 0 spiro atoms. The van der Waals surface area contributed by atoms with Crippen molar-refractivity contribution in [3.8, 4) is 0 Å². The zero-order chi connectivity index (χ0) is 15.0. The molecule has 0 bridgehead atoms. The van der Waals surface area contributed by atoms with E-state index in [0.29, 0.717) is 12.5 Å². The van der Waals surface area contributed by atoms with Gasteiger partial charge in [-0.25, -0.2) is 9.59 Å². The summed E-state index contributed by atoms with van der Waals surface area (Å²) in [6.45, 7) is 7.64. The van der Waals surface area contributed by atoms with Gasteiger partial charge in [0.1, 0.15) is 12.1 Å². The SMILES string of the molecule is CCC(NC(=O)NC(C)C(=O)NCC(C)C)C(=O)O. The van der Waals surface area contributed by atoms with E-state index in [1.165, 1.54) is 6.92 Å². The van der Waals surface area contributed by atoms with Crippen LogP contribution < -0.4 is 16.0 Å². The number of rotatable bonds is 7. The monoisotopic (exact) mass is 273 g/mol. The molecule has 0 radical (unpaired) electrons. The van der Waals surface area contributed by atoms with E-state index < -0.39 is 24.1 Å². The fraction of sp³-hybridized carbons (Fsp3) is 0.750. The first-order chi connectivity index (χ1) is 8.77. The lowest BCUT2D eigenvalue weighted by molar-refractivity contribution is -0.139. The Hall–Kier alpha value is -1.79. The third-order valence-corrected chi connectivity index (χ3v) is 2.44. The van der Waals surface area contributed by atoms with Crippen molar-refractivity contribution in [3.63, 3.8) is 0 Å². The van der Waals surface area contributed by atoms with Crippen LogP contribution in [0.15, 0.2) is 0 Å². The van der Waals surface area contributed by atoms with Crippen molar-refractivity contribution in [2.45, 2.75) is 46.2 Å². The Kier molecular flexibility index (Phi) is 7.55. The van der Waals surface area contributed by atoms with Gasteiger partial charge in [0.25, 0.3) is 0 Å². The Morgan fingerprint density at radius 2 is 1.68 bits per heavy atom. The molecule has 0 fully saturated rings. The number of hydrogen-bond acceptors (Lipinski definition) is 3. The van der Waals surface area contributed by atoms with E-state index in [2.05, 4.69) is 16.0 Å². The Labute approximate surface area is 113 Å². The lowest BCUT2D eigenvalue weighted by atomic mass is 10.2. The van der Waals surface area contributed by atoms with Gasteiger partial charge in [0.05, 0.1) is 0 Å². The van der Waals surface area contributed by atoms with E-state index >= 15 is 0 Å². The molecule has 0 saturated heterocycles. The van der Waals surface area contributed by atoms with Crippen molar-refractivity contribution in [3.05, 3.63) is 0 Å². The Morgan fingerprint density at radius 1 is 1.11 bits per heavy atom. The first-order valence-corrected chi connectivity index (χ1v) is 6.35. The van der Waals surface area contributed by atoms with Gasteiger partial charge in [-0.1, -0.05) is 20.8 Å². The Bertz CT molecular complexity index is 331. The number of carbonyl (C=O) groups is 3. The van der Waals surface area contributed by atoms with Crippen LogP contribution in [0.25, 0.3) is 0 Å². The van der Waals surface area contributed by atoms with E-state index in [-0.39, 0.29) is 12.3 Å². The molecular formula is C12H23N3O4. The summed E-state index contributed by atoms with van der Waals surface area (Å²) in [7, 11) is 0. The van der Waals surface area contributed by atoms with Gasteiger partial charge in [-0.2, -0.15) is 0 Å². The van der Waals surface area contributed by atoms with Crippen LogP contribution in [0.4, 0.5) is 4.79 Å². The largest absolute Gasteiger partial charge is 0.480 e. The molecule has 7 heteroatoms. The maximum atomic E-state index is 11.6. The van der Waals surface area contributed by atoms with Crippen molar-refractivity contribution in [1.29, 1.82) is 0 Å². The van der Waals surface area contributed by atoms with Crippen molar-refractivity contribution in [2.75, 3.05) is 6.54 Å². The highest BCUT2D eigenvalue weighted by Crippen LogP contribution is 1.92. The predicted octanol–water partition coefficient (Wildman–Crippen LogP) is 0.310. The molecule has 4 N–H and O–H groups in total. The maximum Gasteiger partial charge on any atom is 0.326 e. The summed E-state index contributed by atoms with van der Waals surface area (Å²) in [5.74, 6) is -1.08. The fourth-order valence-electron chi connectivity index (χ4n) is 1.26. The van der Waals surface area contributed by atoms with Crippen LogP contribution in [0.3, 0.4) is 0 Å². The van der Waals surface area contributed by atoms with Crippen molar-refractivity contribution in [2.24, 2.45) is 5.92 Å².